The lowest BCUT2D eigenvalue weighted by Gasteiger charge is -2.38. The van der Waals surface area contributed by atoms with E-state index in [-0.39, 0.29) is 12.5 Å². The number of halogens is 3. The molecule has 1 aliphatic heterocycles. The van der Waals surface area contributed by atoms with Crippen molar-refractivity contribution in [1.82, 2.24) is 24.9 Å². The molecule has 0 spiro atoms. The minimum Gasteiger partial charge on any atom is -0.310 e. The Morgan fingerprint density at radius 2 is 1.91 bits per heavy atom. The SMILES string of the molecule is Cn1nncc1-c1ccc2cnc(NC(=O)C3(C)CCN(CCC(F)(F)F)CC3)cc2c1. The van der Waals surface area contributed by atoms with Crippen LogP contribution in [-0.4, -0.2) is 56.6 Å². The molecule has 0 aliphatic carbocycles. The molecule has 4 rings (SSSR count). The highest BCUT2D eigenvalue weighted by Gasteiger charge is 2.38. The van der Waals surface area contributed by atoms with Gasteiger partial charge >= 0.3 is 6.18 Å². The molecule has 1 amide bonds. The summed E-state index contributed by atoms with van der Waals surface area (Å²) >= 11 is 0. The maximum atomic E-state index is 13.0. The van der Waals surface area contributed by atoms with E-state index in [1.165, 1.54) is 0 Å². The molecular weight excluding hydrogens is 421 g/mol. The molecular formula is C22H25F3N6O. The van der Waals surface area contributed by atoms with Crippen molar-refractivity contribution in [2.24, 2.45) is 12.5 Å². The molecule has 10 heteroatoms. The second kappa shape index (κ2) is 8.50. The number of hydrogen-bond donors (Lipinski definition) is 1. The van der Waals surface area contributed by atoms with Crippen LogP contribution in [0.3, 0.4) is 0 Å². The van der Waals surface area contributed by atoms with Crippen LogP contribution in [0.1, 0.15) is 26.2 Å². The number of likely N-dealkylation sites (tertiary alicyclic amines) is 1. The lowest BCUT2D eigenvalue weighted by molar-refractivity contribution is -0.140. The van der Waals surface area contributed by atoms with Crippen molar-refractivity contribution in [3.05, 3.63) is 36.7 Å². The van der Waals surface area contributed by atoms with Gasteiger partial charge in [0.05, 0.1) is 18.3 Å². The minimum absolute atomic E-state index is 0.0258. The number of carbonyl (C=O) groups excluding carboxylic acids is 1. The number of benzene rings is 1. The summed E-state index contributed by atoms with van der Waals surface area (Å²) in [6.45, 7) is 2.76. The highest BCUT2D eigenvalue weighted by atomic mass is 19.4. The average Bonchev–Trinajstić information content (AvgIpc) is 3.18. The minimum atomic E-state index is -4.16. The predicted octanol–water partition coefficient (Wildman–Crippen LogP) is 4.02. The van der Waals surface area contributed by atoms with Crippen LogP contribution >= 0.6 is 0 Å². The first kappa shape index (κ1) is 22.2. The molecule has 32 heavy (non-hydrogen) atoms. The number of nitrogens with one attached hydrogen (secondary N) is 1. The van der Waals surface area contributed by atoms with Gasteiger partial charge in [0.1, 0.15) is 5.82 Å². The van der Waals surface area contributed by atoms with E-state index in [0.29, 0.717) is 31.7 Å². The first-order chi connectivity index (χ1) is 15.1. The van der Waals surface area contributed by atoms with Gasteiger partial charge in [0.25, 0.3) is 0 Å². The number of piperidine rings is 1. The number of amides is 1. The summed E-state index contributed by atoms with van der Waals surface area (Å²) in [5, 5.41) is 12.6. The van der Waals surface area contributed by atoms with E-state index >= 15 is 0 Å². The summed E-state index contributed by atoms with van der Waals surface area (Å²) in [5.41, 5.74) is 1.18. The van der Waals surface area contributed by atoms with Crippen LogP contribution in [0.4, 0.5) is 19.0 Å². The Hall–Kier alpha value is -3.01. The third-order valence-corrected chi connectivity index (χ3v) is 6.19. The number of alkyl halides is 3. The summed E-state index contributed by atoms with van der Waals surface area (Å²) < 4.78 is 39.1. The molecule has 0 radical (unpaired) electrons. The Labute approximate surface area is 183 Å². The lowest BCUT2D eigenvalue weighted by Crippen LogP contribution is -2.45. The van der Waals surface area contributed by atoms with E-state index in [9.17, 15) is 18.0 Å². The molecule has 1 aromatic carbocycles. The second-order valence-corrected chi connectivity index (χ2v) is 8.60. The van der Waals surface area contributed by atoms with Gasteiger partial charge in [0, 0.05) is 36.2 Å². The van der Waals surface area contributed by atoms with E-state index in [1.54, 1.807) is 22.0 Å². The normalized spacial score (nSPS) is 16.9. The Morgan fingerprint density at radius 1 is 1.16 bits per heavy atom. The standard InChI is InChI=1S/C22H25F3N6O/c1-21(5-8-31(9-6-21)10-7-22(23,24)25)20(32)28-19-12-17-11-15(3-4-16(17)13-26-19)18-14-27-29-30(18)2/h3-4,11-14H,5-10H2,1-2H3,(H,26,28,32). The van der Waals surface area contributed by atoms with Gasteiger partial charge in [-0.15, -0.1) is 5.10 Å². The van der Waals surface area contributed by atoms with Crippen molar-refractivity contribution in [3.8, 4) is 11.3 Å². The van der Waals surface area contributed by atoms with Gasteiger partial charge in [-0.3, -0.25) is 4.79 Å². The fourth-order valence-electron chi connectivity index (χ4n) is 3.97. The molecule has 3 heterocycles. The quantitative estimate of drug-likeness (QED) is 0.641. The first-order valence-corrected chi connectivity index (χ1v) is 10.5. The van der Waals surface area contributed by atoms with E-state index in [2.05, 4.69) is 20.6 Å². The third-order valence-electron chi connectivity index (χ3n) is 6.19. The average molecular weight is 446 g/mol. The maximum absolute atomic E-state index is 13.0. The summed E-state index contributed by atoms with van der Waals surface area (Å²) in [4.78, 5) is 19.1. The zero-order valence-corrected chi connectivity index (χ0v) is 18.0. The molecule has 7 nitrogen and oxygen atoms in total. The van der Waals surface area contributed by atoms with Gasteiger partial charge in [0.2, 0.25) is 5.91 Å². The van der Waals surface area contributed by atoms with E-state index in [4.69, 9.17) is 0 Å². The molecule has 1 aliphatic rings. The molecule has 0 bridgehead atoms. The fourth-order valence-corrected chi connectivity index (χ4v) is 3.97. The third kappa shape index (κ3) is 4.90. The Morgan fingerprint density at radius 3 is 2.56 bits per heavy atom. The molecule has 170 valence electrons. The summed E-state index contributed by atoms with van der Waals surface area (Å²) in [6.07, 6.45) is -0.587. The number of aromatic nitrogens is 4. The van der Waals surface area contributed by atoms with Gasteiger partial charge in [-0.05, 0) is 43.5 Å². The van der Waals surface area contributed by atoms with Gasteiger partial charge in [-0.1, -0.05) is 24.3 Å². The van der Waals surface area contributed by atoms with E-state index < -0.39 is 18.0 Å². The monoisotopic (exact) mass is 446 g/mol. The summed E-state index contributed by atoms with van der Waals surface area (Å²) in [5.74, 6) is 0.287. The summed E-state index contributed by atoms with van der Waals surface area (Å²) in [7, 11) is 1.82. The molecule has 0 atom stereocenters. The van der Waals surface area contributed by atoms with Crippen LogP contribution < -0.4 is 5.32 Å². The van der Waals surface area contributed by atoms with Crippen LogP contribution in [-0.2, 0) is 11.8 Å². The van der Waals surface area contributed by atoms with E-state index in [1.807, 2.05) is 38.2 Å². The highest BCUT2D eigenvalue weighted by Crippen LogP contribution is 2.33. The van der Waals surface area contributed by atoms with Crippen LogP contribution in [0, 0.1) is 5.41 Å². The molecule has 1 fully saturated rings. The topological polar surface area (TPSA) is 75.9 Å². The fraction of sp³-hybridized carbons (Fsp3) is 0.455. The molecule has 1 saturated heterocycles. The second-order valence-electron chi connectivity index (χ2n) is 8.60. The maximum Gasteiger partial charge on any atom is 0.390 e. The van der Waals surface area contributed by atoms with Crippen molar-refractivity contribution in [2.75, 3.05) is 25.0 Å². The number of aryl methyl sites for hydroxylation is 1. The first-order valence-electron chi connectivity index (χ1n) is 10.5. The van der Waals surface area contributed by atoms with Crippen LogP contribution in [0.15, 0.2) is 36.7 Å². The smallest absolute Gasteiger partial charge is 0.310 e. The lowest BCUT2D eigenvalue weighted by atomic mass is 9.79. The van der Waals surface area contributed by atoms with Gasteiger partial charge in [-0.2, -0.15) is 13.2 Å². The van der Waals surface area contributed by atoms with Gasteiger partial charge < -0.3 is 10.2 Å². The van der Waals surface area contributed by atoms with Crippen molar-refractivity contribution >= 4 is 22.5 Å². The highest BCUT2D eigenvalue weighted by molar-refractivity contribution is 5.96. The van der Waals surface area contributed by atoms with Crippen molar-refractivity contribution in [1.29, 1.82) is 0 Å². The number of carbonyl (C=O) groups is 1. The number of fused-ring (bicyclic) bond motifs is 1. The molecule has 3 aromatic rings. The molecule has 0 saturated carbocycles. The molecule has 1 N–H and O–H groups in total. The number of anilines is 1. The van der Waals surface area contributed by atoms with Gasteiger partial charge in [0.15, 0.2) is 0 Å². The van der Waals surface area contributed by atoms with Crippen molar-refractivity contribution in [3.63, 3.8) is 0 Å². The van der Waals surface area contributed by atoms with E-state index in [0.717, 1.165) is 22.0 Å². The van der Waals surface area contributed by atoms with Crippen molar-refractivity contribution < 1.29 is 18.0 Å². The zero-order chi connectivity index (χ0) is 22.9. The number of pyridine rings is 1. The number of rotatable bonds is 5. The van der Waals surface area contributed by atoms with Crippen LogP contribution in [0.25, 0.3) is 22.0 Å². The van der Waals surface area contributed by atoms with Crippen LogP contribution in [0.2, 0.25) is 0 Å². The summed E-state index contributed by atoms with van der Waals surface area (Å²) in [6, 6.07) is 7.73. The Kier molecular flexibility index (Phi) is 5.89. The predicted molar refractivity (Wildman–Crippen MR) is 115 cm³/mol. The molecule has 0 unspecified atom stereocenters. The van der Waals surface area contributed by atoms with Crippen molar-refractivity contribution in [2.45, 2.75) is 32.4 Å². The Bertz CT molecular complexity index is 1120. The van der Waals surface area contributed by atoms with Gasteiger partial charge in [-0.25, -0.2) is 9.67 Å². The number of nitrogens with zero attached hydrogens (tertiary/aromatic N) is 5. The Balaban J connectivity index is 1.43. The number of hydrogen-bond acceptors (Lipinski definition) is 5. The largest absolute Gasteiger partial charge is 0.390 e. The zero-order valence-electron chi connectivity index (χ0n) is 18.0. The molecule has 2 aromatic heterocycles. The van der Waals surface area contributed by atoms with Crippen LogP contribution in [0.5, 0.6) is 0 Å².